The van der Waals surface area contributed by atoms with Crippen LogP contribution in [0, 0.1) is 0 Å². The topological polar surface area (TPSA) is 66.8 Å². The van der Waals surface area contributed by atoms with Crippen LogP contribution < -0.4 is 9.64 Å². The van der Waals surface area contributed by atoms with Gasteiger partial charge in [-0.1, -0.05) is 42.5 Å². The van der Waals surface area contributed by atoms with Gasteiger partial charge in [0.15, 0.2) is 0 Å². The number of anilines is 1. The normalized spacial score (nSPS) is 16.5. The van der Waals surface area contributed by atoms with Gasteiger partial charge in [0, 0.05) is 0 Å². The Morgan fingerprint density at radius 2 is 1.77 bits per heavy atom. The Morgan fingerprint density at radius 1 is 1.09 bits per heavy atom. The van der Waals surface area contributed by atoms with Crippen molar-refractivity contribution in [3.8, 4) is 5.75 Å². The Morgan fingerprint density at radius 3 is 2.50 bits per heavy atom. The van der Waals surface area contributed by atoms with Crippen molar-refractivity contribution in [1.29, 1.82) is 0 Å². The van der Waals surface area contributed by atoms with Crippen molar-refractivity contribution in [3.05, 3.63) is 60.2 Å². The predicted octanol–water partition coefficient (Wildman–Crippen LogP) is 2.11. The maximum absolute atomic E-state index is 12.6. The molecule has 0 radical (unpaired) electrons. The predicted molar refractivity (Wildman–Crippen MR) is 81.0 cm³/mol. The molecule has 0 saturated heterocycles. The van der Waals surface area contributed by atoms with Crippen LogP contribution in [-0.2, 0) is 16.0 Å². The molecule has 112 valence electrons. The monoisotopic (exact) mass is 297 g/mol. The van der Waals surface area contributed by atoms with Crippen molar-refractivity contribution in [2.75, 3.05) is 11.4 Å². The Balaban J connectivity index is 1.88. The number of ether oxygens (including phenoxy) is 1. The molecule has 1 aliphatic heterocycles. The summed E-state index contributed by atoms with van der Waals surface area (Å²) < 4.78 is 5.43. The van der Waals surface area contributed by atoms with Crippen LogP contribution in [0.15, 0.2) is 54.6 Å². The smallest absolute Gasteiger partial charge is 0.346 e. The summed E-state index contributed by atoms with van der Waals surface area (Å²) in [5.41, 5.74) is 1.50. The average molecular weight is 297 g/mol. The van der Waals surface area contributed by atoms with Crippen LogP contribution in [0.25, 0.3) is 0 Å². The average Bonchev–Trinajstić information content (AvgIpc) is 2.54. The molecule has 0 spiro atoms. The number of hydrogen-bond acceptors (Lipinski definition) is 3. The number of carboxylic acids is 1. The number of carbonyl (C=O) groups is 2. The Kier molecular flexibility index (Phi) is 3.78. The third kappa shape index (κ3) is 2.79. The number of hydrogen-bond donors (Lipinski definition) is 1. The summed E-state index contributed by atoms with van der Waals surface area (Å²) in [5, 5.41) is 9.19. The van der Waals surface area contributed by atoms with E-state index in [0.29, 0.717) is 11.4 Å². The summed E-state index contributed by atoms with van der Waals surface area (Å²) in [4.78, 5) is 25.3. The second-order valence-corrected chi connectivity index (χ2v) is 5.08. The maximum Gasteiger partial charge on any atom is 0.346 e. The Bertz CT molecular complexity index is 699. The fraction of sp³-hybridized carbons (Fsp3) is 0.176. The summed E-state index contributed by atoms with van der Waals surface area (Å²) >= 11 is 0. The molecule has 1 atom stereocenters. The number of nitrogens with zero attached hydrogens (tertiary/aromatic N) is 1. The fourth-order valence-electron chi connectivity index (χ4n) is 2.47. The first-order valence-corrected chi connectivity index (χ1v) is 6.98. The van der Waals surface area contributed by atoms with E-state index >= 15 is 0 Å². The molecule has 1 amide bonds. The van der Waals surface area contributed by atoms with Crippen LogP contribution in [0.5, 0.6) is 5.75 Å². The Labute approximate surface area is 127 Å². The number of fused-ring (bicyclic) bond motifs is 1. The van der Waals surface area contributed by atoms with E-state index < -0.39 is 12.1 Å². The van der Waals surface area contributed by atoms with Crippen molar-refractivity contribution in [2.45, 2.75) is 12.5 Å². The van der Waals surface area contributed by atoms with Crippen LogP contribution in [-0.4, -0.2) is 29.6 Å². The zero-order valence-electron chi connectivity index (χ0n) is 11.8. The van der Waals surface area contributed by atoms with E-state index in [1.54, 1.807) is 24.3 Å². The minimum Gasteiger partial charge on any atom is -0.478 e. The van der Waals surface area contributed by atoms with Gasteiger partial charge in [-0.25, -0.2) is 4.79 Å². The fourth-order valence-corrected chi connectivity index (χ4v) is 2.47. The standard InChI is InChI=1S/C17H15NO4/c19-16(10-12-6-2-1-3-7-12)18-11-15(17(20)21)22-14-9-5-4-8-13(14)18/h1-9,15H,10-11H2,(H,20,21). The zero-order chi connectivity index (χ0) is 15.5. The van der Waals surface area contributed by atoms with Crippen molar-refractivity contribution in [3.63, 3.8) is 0 Å². The molecule has 22 heavy (non-hydrogen) atoms. The van der Waals surface area contributed by atoms with Gasteiger partial charge in [-0.3, -0.25) is 4.79 Å². The number of aliphatic carboxylic acids is 1. The minimum atomic E-state index is -1.08. The molecule has 1 heterocycles. The first-order chi connectivity index (χ1) is 10.6. The first-order valence-electron chi connectivity index (χ1n) is 6.98. The summed E-state index contributed by atoms with van der Waals surface area (Å²) in [6.07, 6.45) is -0.823. The summed E-state index contributed by atoms with van der Waals surface area (Å²) in [5.74, 6) is -0.803. The number of amides is 1. The molecule has 0 saturated carbocycles. The Hall–Kier alpha value is -2.82. The van der Waals surface area contributed by atoms with Gasteiger partial charge in [0.2, 0.25) is 12.0 Å². The van der Waals surface area contributed by atoms with Gasteiger partial charge in [0.05, 0.1) is 18.7 Å². The largest absolute Gasteiger partial charge is 0.478 e. The molecular formula is C17H15NO4. The second-order valence-electron chi connectivity index (χ2n) is 5.08. The molecule has 0 aliphatic carbocycles. The molecule has 2 aromatic rings. The van der Waals surface area contributed by atoms with Crippen molar-refractivity contribution in [2.24, 2.45) is 0 Å². The molecule has 1 aliphatic rings. The lowest BCUT2D eigenvalue weighted by Crippen LogP contribution is -2.47. The van der Waals surface area contributed by atoms with Crippen molar-refractivity contribution in [1.82, 2.24) is 0 Å². The molecule has 2 aromatic carbocycles. The van der Waals surface area contributed by atoms with E-state index in [4.69, 9.17) is 4.74 Å². The molecule has 5 heteroatoms. The van der Waals surface area contributed by atoms with Crippen LogP contribution >= 0.6 is 0 Å². The van der Waals surface area contributed by atoms with E-state index in [1.165, 1.54) is 4.90 Å². The summed E-state index contributed by atoms with van der Waals surface area (Å²) in [6, 6.07) is 16.4. The maximum atomic E-state index is 12.6. The highest BCUT2D eigenvalue weighted by Gasteiger charge is 2.33. The zero-order valence-corrected chi connectivity index (χ0v) is 11.8. The number of rotatable bonds is 3. The quantitative estimate of drug-likeness (QED) is 0.942. The minimum absolute atomic E-state index is 0.0119. The first kappa shape index (κ1) is 14.1. The lowest BCUT2D eigenvalue weighted by atomic mass is 10.1. The van der Waals surface area contributed by atoms with Crippen molar-refractivity contribution >= 4 is 17.6 Å². The van der Waals surface area contributed by atoms with E-state index in [9.17, 15) is 14.7 Å². The van der Waals surface area contributed by atoms with Gasteiger partial charge < -0.3 is 14.7 Å². The molecule has 0 aromatic heterocycles. The number of benzene rings is 2. The molecular weight excluding hydrogens is 282 g/mol. The lowest BCUT2D eigenvalue weighted by molar-refractivity contribution is -0.145. The molecule has 3 rings (SSSR count). The van der Waals surface area contributed by atoms with Gasteiger partial charge in [0.25, 0.3) is 0 Å². The lowest BCUT2D eigenvalue weighted by Gasteiger charge is -2.33. The van der Waals surface area contributed by atoms with Crippen LogP contribution in [0.3, 0.4) is 0 Å². The molecule has 1 N–H and O–H groups in total. The van der Waals surface area contributed by atoms with Crippen LogP contribution in [0.4, 0.5) is 5.69 Å². The van der Waals surface area contributed by atoms with E-state index in [1.807, 2.05) is 30.3 Å². The van der Waals surface area contributed by atoms with E-state index in [-0.39, 0.29) is 18.9 Å². The number of carbonyl (C=O) groups excluding carboxylic acids is 1. The second kappa shape index (κ2) is 5.89. The van der Waals surface area contributed by atoms with Crippen molar-refractivity contribution < 1.29 is 19.4 Å². The third-order valence-electron chi connectivity index (χ3n) is 3.55. The highest BCUT2D eigenvalue weighted by molar-refractivity contribution is 5.97. The molecule has 0 bridgehead atoms. The van der Waals surface area contributed by atoms with Gasteiger partial charge in [0.1, 0.15) is 5.75 Å². The van der Waals surface area contributed by atoms with Gasteiger partial charge >= 0.3 is 5.97 Å². The summed E-state index contributed by atoms with van der Waals surface area (Å²) in [6.45, 7) is 0.0119. The van der Waals surface area contributed by atoms with Gasteiger partial charge in [-0.05, 0) is 17.7 Å². The number of para-hydroxylation sites is 2. The van der Waals surface area contributed by atoms with E-state index in [0.717, 1.165) is 5.56 Å². The number of carboxylic acid groups (broad SMARTS) is 1. The molecule has 1 unspecified atom stereocenters. The SMILES string of the molecule is O=C(O)C1CN(C(=O)Cc2ccccc2)c2ccccc2O1. The van der Waals surface area contributed by atoms with Crippen LogP contribution in [0.2, 0.25) is 0 Å². The van der Waals surface area contributed by atoms with Gasteiger partial charge in [-0.2, -0.15) is 0 Å². The highest BCUT2D eigenvalue weighted by atomic mass is 16.5. The molecule has 0 fully saturated rings. The molecule has 5 nitrogen and oxygen atoms in total. The van der Waals surface area contributed by atoms with Crippen LogP contribution in [0.1, 0.15) is 5.56 Å². The summed E-state index contributed by atoms with van der Waals surface area (Å²) in [7, 11) is 0. The van der Waals surface area contributed by atoms with E-state index in [2.05, 4.69) is 0 Å². The third-order valence-corrected chi connectivity index (χ3v) is 3.55. The highest BCUT2D eigenvalue weighted by Crippen LogP contribution is 2.33. The van der Waals surface area contributed by atoms with Gasteiger partial charge in [-0.15, -0.1) is 0 Å².